The van der Waals surface area contributed by atoms with Crippen LogP contribution < -0.4 is 0 Å². The molecule has 2 nitrogen and oxygen atoms in total. The van der Waals surface area contributed by atoms with Crippen LogP contribution in [0.25, 0.3) is 0 Å². The van der Waals surface area contributed by atoms with Gasteiger partial charge in [-0.3, -0.25) is 0 Å². The smallest absolute Gasteiger partial charge is 0.268 e. The predicted octanol–water partition coefficient (Wildman–Crippen LogP) is 1.58. The van der Waals surface area contributed by atoms with E-state index in [9.17, 15) is 8.78 Å². The number of aliphatic hydroxyl groups is 1. The number of aliphatic hydroxyl groups excluding tert-OH is 1. The van der Waals surface area contributed by atoms with Crippen molar-refractivity contribution in [2.75, 3.05) is 0 Å². The van der Waals surface area contributed by atoms with Gasteiger partial charge in [0.1, 0.15) is 6.10 Å². The van der Waals surface area contributed by atoms with Crippen molar-refractivity contribution in [2.45, 2.75) is 12.5 Å². The fraction of sp³-hybridized carbons (Fsp3) is 0.333. The fourth-order valence-electron chi connectivity index (χ4n) is 0.589. The summed E-state index contributed by atoms with van der Waals surface area (Å²) < 4.78 is 27.9. The van der Waals surface area contributed by atoms with Gasteiger partial charge in [-0.25, -0.2) is 8.78 Å². The zero-order valence-corrected chi connectivity index (χ0v) is 5.00. The first kappa shape index (κ1) is 7.21. The Morgan fingerprint density at radius 2 is 2.20 bits per heavy atom. The summed E-state index contributed by atoms with van der Waals surface area (Å²) in [6, 6.07) is 1.30. The molecule has 0 aliphatic heterocycles. The summed E-state index contributed by atoms with van der Waals surface area (Å²) in [5, 5.41) is 8.68. The van der Waals surface area contributed by atoms with Crippen LogP contribution in [0.15, 0.2) is 23.0 Å². The van der Waals surface area contributed by atoms with Crippen molar-refractivity contribution in [3.8, 4) is 0 Å². The lowest BCUT2D eigenvalue weighted by Crippen LogP contribution is -2.06. The molecule has 0 radical (unpaired) electrons. The van der Waals surface area contributed by atoms with Crippen molar-refractivity contribution in [1.29, 1.82) is 0 Å². The van der Waals surface area contributed by atoms with E-state index in [1.165, 1.54) is 12.3 Å². The average molecular weight is 148 g/mol. The summed E-state index contributed by atoms with van der Waals surface area (Å²) in [5.74, 6) is 0. The highest BCUT2D eigenvalue weighted by Gasteiger charge is 2.19. The lowest BCUT2D eigenvalue weighted by molar-refractivity contribution is -0.00608. The van der Waals surface area contributed by atoms with Gasteiger partial charge in [-0.2, -0.15) is 0 Å². The first-order valence-corrected chi connectivity index (χ1v) is 2.70. The zero-order chi connectivity index (χ0) is 7.56. The number of hydrogen-bond acceptors (Lipinski definition) is 2. The van der Waals surface area contributed by atoms with E-state index in [0.29, 0.717) is 0 Å². The van der Waals surface area contributed by atoms with Gasteiger partial charge in [-0.05, 0) is 6.07 Å². The normalized spacial score (nSPS) is 14.0. The van der Waals surface area contributed by atoms with Gasteiger partial charge in [0.2, 0.25) is 0 Å². The average Bonchev–Trinajstić information content (AvgIpc) is 2.36. The topological polar surface area (TPSA) is 33.4 Å². The number of hydrogen-bond donors (Lipinski definition) is 1. The third-order valence-electron chi connectivity index (χ3n) is 1.12. The zero-order valence-electron chi connectivity index (χ0n) is 5.00. The van der Waals surface area contributed by atoms with Gasteiger partial charge in [0.15, 0.2) is 0 Å². The van der Waals surface area contributed by atoms with Gasteiger partial charge >= 0.3 is 0 Å². The standard InChI is InChI=1S/C6H6F2O2/c7-6(8)5(9)4-1-2-10-3-4/h1-3,5-6,9H. The molecule has 0 aliphatic carbocycles. The van der Waals surface area contributed by atoms with E-state index in [1.54, 1.807) is 0 Å². The Kier molecular flexibility index (Phi) is 2.01. The van der Waals surface area contributed by atoms with Gasteiger partial charge in [0, 0.05) is 5.56 Å². The summed E-state index contributed by atoms with van der Waals surface area (Å²) in [5.41, 5.74) is 0.106. The molecule has 0 spiro atoms. The molecule has 1 heterocycles. The van der Waals surface area contributed by atoms with Crippen LogP contribution >= 0.6 is 0 Å². The summed E-state index contributed by atoms with van der Waals surface area (Å²) in [6.07, 6.45) is -2.14. The summed E-state index contributed by atoms with van der Waals surface area (Å²) in [6.45, 7) is 0. The molecular weight excluding hydrogens is 142 g/mol. The van der Waals surface area contributed by atoms with Crippen LogP contribution in [0.1, 0.15) is 11.7 Å². The highest BCUT2D eigenvalue weighted by Crippen LogP contribution is 2.19. The van der Waals surface area contributed by atoms with Crippen molar-refractivity contribution < 1.29 is 18.3 Å². The van der Waals surface area contributed by atoms with Crippen molar-refractivity contribution in [1.82, 2.24) is 0 Å². The van der Waals surface area contributed by atoms with Gasteiger partial charge in [-0.15, -0.1) is 0 Å². The molecule has 10 heavy (non-hydrogen) atoms. The quantitative estimate of drug-likeness (QED) is 0.690. The van der Waals surface area contributed by atoms with Crippen LogP contribution in [0.2, 0.25) is 0 Å². The maximum Gasteiger partial charge on any atom is 0.268 e. The van der Waals surface area contributed by atoms with Crippen LogP contribution in [0, 0.1) is 0 Å². The fourth-order valence-corrected chi connectivity index (χ4v) is 0.589. The Morgan fingerprint density at radius 3 is 2.60 bits per heavy atom. The van der Waals surface area contributed by atoms with E-state index in [-0.39, 0.29) is 5.56 Å². The molecule has 0 saturated carbocycles. The molecule has 0 amide bonds. The Balaban J connectivity index is 2.68. The van der Waals surface area contributed by atoms with Crippen LogP contribution in [-0.2, 0) is 0 Å². The molecule has 0 fully saturated rings. The largest absolute Gasteiger partial charge is 0.472 e. The number of halogens is 2. The molecule has 1 rings (SSSR count). The SMILES string of the molecule is OC(c1ccoc1)C(F)F. The Labute approximate surface area is 56.1 Å². The molecule has 56 valence electrons. The Bertz CT molecular complexity index is 184. The summed E-state index contributed by atoms with van der Waals surface area (Å²) in [4.78, 5) is 0. The van der Waals surface area contributed by atoms with Gasteiger partial charge in [-0.1, -0.05) is 0 Å². The molecular formula is C6H6F2O2. The van der Waals surface area contributed by atoms with Gasteiger partial charge in [0.05, 0.1) is 12.5 Å². The van der Waals surface area contributed by atoms with E-state index in [2.05, 4.69) is 4.42 Å². The predicted molar refractivity (Wildman–Crippen MR) is 29.7 cm³/mol. The minimum atomic E-state index is -2.75. The van der Waals surface area contributed by atoms with Crippen molar-refractivity contribution in [3.05, 3.63) is 24.2 Å². The van der Waals surface area contributed by atoms with Crippen molar-refractivity contribution in [2.24, 2.45) is 0 Å². The van der Waals surface area contributed by atoms with Crippen molar-refractivity contribution in [3.63, 3.8) is 0 Å². The van der Waals surface area contributed by atoms with E-state index < -0.39 is 12.5 Å². The molecule has 0 aliphatic rings. The third-order valence-corrected chi connectivity index (χ3v) is 1.12. The molecule has 1 aromatic rings. The first-order chi connectivity index (χ1) is 4.72. The molecule has 0 bridgehead atoms. The van der Waals surface area contributed by atoms with Crippen LogP contribution in [0.3, 0.4) is 0 Å². The molecule has 1 N–H and O–H groups in total. The molecule has 0 saturated heterocycles. The first-order valence-electron chi connectivity index (χ1n) is 2.70. The molecule has 4 heteroatoms. The highest BCUT2D eigenvalue weighted by molar-refractivity contribution is 5.09. The Morgan fingerprint density at radius 1 is 1.50 bits per heavy atom. The summed E-state index contributed by atoms with van der Waals surface area (Å²) >= 11 is 0. The lowest BCUT2D eigenvalue weighted by Gasteiger charge is -2.04. The molecule has 0 aromatic carbocycles. The second-order valence-corrected chi connectivity index (χ2v) is 1.84. The maximum absolute atomic E-state index is 11.7. The van der Waals surface area contributed by atoms with E-state index in [1.807, 2.05) is 0 Å². The molecule has 1 atom stereocenters. The Hall–Kier alpha value is -0.900. The van der Waals surface area contributed by atoms with E-state index in [0.717, 1.165) is 6.26 Å². The number of furan rings is 1. The minimum Gasteiger partial charge on any atom is -0.472 e. The number of alkyl halides is 2. The van der Waals surface area contributed by atoms with Crippen LogP contribution in [0.5, 0.6) is 0 Å². The van der Waals surface area contributed by atoms with Crippen LogP contribution in [0.4, 0.5) is 8.78 Å². The minimum absolute atomic E-state index is 0.106. The lowest BCUT2D eigenvalue weighted by atomic mass is 10.2. The number of rotatable bonds is 2. The van der Waals surface area contributed by atoms with E-state index in [4.69, 9.17) is 5.11 Å². The third kappa shape index (κ3) is 1.33. The monoisotopic (exact) mass is 148 g/mol. The maximum atomic E-state index is 11.7. The highest BCUT2D eigenvalue weighted by atomic mass is 19.3. The summed E-state index contributed by atoms with van der Waals surface area (Å²) in [7, 11) is 0. The van der Waals surface area contributed by atoms with Gasteiger partial charge in [0.25, 0.3) is 6.43 Å². The molecule has 1 unspecified atom stereocenters. The second kappa shape index (κ2) is 2.79. The second-order valence-electron chi connectivity index (χ2n) is 1.84. The van der Waals surface area contributed by atoms with Gasteiger partial charge < -0.3 is 9.52 Å². The molecule has 1 aromatic heterocycles. The van der Waals surface area contributed by atoms with Crippen LogP contribution in [-0.4, -0.2) is 11.5 Å². The van der Waals surface area contributed by atoms with E-state index >= 15 is 0 Å². The van der Waals surface area contributed by atoms with Crippen molar-refractivity contribution >= 4 is 0 Å².